The molecule has 0 aromatic heterocycles. The quantitative estimate of drug-likeness (QED) is 0.1000. The molecule has 12 heteroatoms. The predicted octanol–water partition coefficient (Wildman–Crippen LogP) is 9.03. The number of piperidine rings is 1. The van der Waals surface area contributed by atoms with Gasteiger partial charge in [-0.1, -0.05) is 73.7 Å². The van der Waals surface area contributed by atoms with Crippen LogP contribution in [0.5, 0.6) is 5.75 Å². The number of hydrogen-bond acceptors (Lipinski definition) is 6. The number of esters is 1. The molecule has 2 heterocycles. The lowest BCUT2D eigenvalue weighted by molar-refractivity contribution is -0.154. The molecule has 8 nitrogen and oxygen atoms in total. The number of methoxy groups -OCH3 is 1. The Morgan fingerprint density at radius 1 is 1.10 bits per heavy atom. The summed E-state index contributed by atoms with van der Waals surface area (Å²) >= 11 is 15.1. The van der Waals surface area contributed by atoms with Gasteiger partial charge in [-0.05, 0) is 104 Å². The summed E-state index contributed by atoms with van der Waals surface area (Å²) in [5, 5.41) is 4.02. The Morgan fingerprint density at radius 3 is 2.37 bits per heavy atom. The molecule has 0 saturated carbocycles. The van der Waals surface area contributed by atoms with E-state index in [2.05, 4.69) is 61.1 Å². The Hall–Kier alpha value is -2.90. The number of hydrogen-bond donors (Lipinski definition) is 1. The molecule has 2 amide bonds. The fraction of sp³-hybridized carbons (Fsp3) is 0.410. The van der Waals surface area contributed by atoms with Crippen LogP contribution in [0.25, 0.3) is 0 Å². The number of benzene rings is 3. The number of fused-ring (bicyclic) bond motifs is 2. The molecule has 3 aromatic carbocycles. The first kappa shape index (κ1) is 40.9. The Morgan fingerprint density at radius 2 is 1.78 bits per heavy atom. The van der Waals surface area contributed by atoms with Crippen molar-refractivity contribution in [3.8, 4) is 5.75 Å². The lowest BCUT2D eigenvalue weighted by Crippen LogP contribution is -2.58. The fourth-order valence-electron chi connectivity index (χ4n) is 6.49. The first-order valence-electron chi connectivity index (χ1n) is 16.8. The van der Waals surface area contributed by atoms with Gasteiger partial charge in [0.05, 0.1) is 19.8 Å². The van der Waals surface area contributed by atoms with E-state index in [0.717, 1.165) is 9.13 Å². The third kappa shape index (κ3) is 9.19. The highest BCUT2D eigenvalue weighted by atomic mass is 127. The average molecular weight is 866 g/mol. The monoisotopic (exact) mass is 864 g/mol. The van der Waals surface area contributed by atoms with Crippen molar-refractivity contribution in [3.63, 3.8) is 0 Å². The summed E-state index contributed by atoms with van der Waals surface area (Å²) in [5.74, 6) is -1.30. The summed E-state index contributed by atoms with van der Waals surface area (Å²) in [7, 11) is 0.798. The molecule has 51 heavy (non-hydrogen) atoms. The molecule has 1 saturated heterocycles. The van der Waals surface area contributed by atoms with Crippen LogP contribution in [0.1, 0.15) is 62.8 Å². The van der Waals surface area contributed by atoms with Crippen LogP contribution >= 0.6 is 45.8 Å². The molecule has 0 radical (unpaired) electrons. The van der Waals surface area contributed by atoms with Crippen LogP contribution in [-0.4, -0.2) is 57.4 Å². The van der Waals surface area contributed by atoms with Crippen molar-refractivity contribution in [1.29, 1.82) is 0 Å². The summed E-state index contributed by atoms with van der Waals surface area (Å²) < 4.78 is 17.8. The number of rotatable bonds is 9. The summed E-state index contributed by atoms with van der Waals surface area (Å²) in [4.78, 5) is 43.3. The SMILES string of the molecule is C=CCOc1ccc(I)cc1[C@H]1NC(=O)C[C@@H](c2cccc(Cl)c2)[C@]12C(=O)N(CC(=O)OC(C)(C)C)c1cc(Cl)ccc12.COC(C)[Si](C)(C)C. The van der Waals surface area contributed by atoms with Crippen LogP contribution in [0.15, 0.2) is 73.3 Å². The largest absolute Gasteiger partial charge is 0.489 e. The lowest BCUT2D eigenvalue weighted by atomic mass is 9.59. The van der Waals surface area contributed by atoms with Crippen LogP contribution in [-0.2, 0) is 29.3 Å². The lowest BCUT2D eigenvalue weighted by Gasteiger charge is -2.47. The third-order valence-corrected chi connectivity index (χ3v) is 13.0. The van der Waals surface area contributed by atoms with Crippen molar-refractivity contribution in [2.24, 2.45) is 0 Å². The minimum atomic E-state index is -1.39. The number of halogens is 3. The maximum absolute atomic E-state index is 15.2. The summed E-state index contributed by atoms with van der Waals surface area (Å²) in [6.45, 7) is 18.0. The summed E-state index contributed by atoms with van der Waals surface area (Å²) in [6.07, 6.45) is 1.64. The molecule has 1 N–H and O–H groups in total. The van der Waals surface area contributed by atoms with Gasteiger partial charge in [0.1, 0.15) is 29.9 Å². The van der Waals surface area contributed by atoms with Gasteiger partial charge in [0.2, 0.25) is 11.8 Å². The molecule has 1 spiro atoms. The first-order chi connectivity index (χ1) is 23.8. The highest BCUT2D eigenvalue weighted by molar-refractivity contribution is 14.1. The number of carbonyl (C=O) groups is 3. The zero-order valence-electron chi connectivity index (χ0n) is 30.4. The molecule has 4 atom stereocenters. The average Bonchev–Trinajstić information content (AvgIpc) is 3.26. The van der Waals surface area contributed by atoms with Crippen molar-refractivity contribution in [2.45, 2.75) is 82.5 Å². The number of ether oxygens (including phenoxy) is 3. The van der Waals surface area contributed by atoms with E-state index >= 15 is 4.79 Å². The van der Waals surface area contributed by atoms with E-state index in [1.54, 1.807) is 64.3 Å². The van der Waals surface area contributed by atoms with Crippen molar-refractivity contribution >= 4 is 77.3 Å². The molecule has 0 aliphatic carbocycles. The van der Waals surface area contributed by atoms with E-state index in [9.17, 15) is 9.59 Å². The van der Waals surface area contributed by atoms with Crippen molar-refractivity contribution in [3.05, 3.63) is 104 Å². The number of nitrogens with one attached hydrogen (secondary N) is 1. The molecular formula is C39H47Cl2IN2O6Si. The Balaban J connectivity index is 0.000000652. The molecule has 1 fully saturated rings. The third-order valence-electron chi connectivity index (χ3n) is 9.17. The van der Waals surface area contributed by atoms with Gasteiger partial charge in [-0.3, -0.25) is 19.3 Å². The summed E-state index contributed by atoms with van der Waals surface area (Å²) in [5.41, 5.74) is 0.809. The fourth-order valence-corrected chi connectivity index (χ4v) is 8.08. The maximum atomic E-state index is 15.2. The Bertz CT molecular complexity index is 1790. The number of carbonyl (C=O) groups excluding carboxylic acids is 3. The maximum Gasteiger partial charge on any atom is 0.326 e. The zero-order chi connectivity index (χ0) is 37.9. The standard InChI is InChI=1S/C33H31Cl2IN2O5.C6H16OSi/c1-5-13-42-27-12-10-22(36)16-23(27)30-33(25(17-28(39)37-30)19-7-6-8-20(34)14-19)24-11-9-21(35)15-26(24)38(31(33)41)18-29(40)43-32(2,3)4;1-6(7-2)8(3,4)5/h5-12,14-16,25,30H,1,13,17-18H2,2-4H3,(H,37,39);6H,1-5H3/t25-,30+,33-;/m0./s1. The van der Waals surface area contributed by atoms with E-state index < -0.39 is 37.0 Å². The molecule has 0 bridgehead atoms. The second kappa shape index (κ2) is 16.4. The second-order valence-corrected chi connectivity index (χ2v) is 22.5. The molecule has 274 valence electrons. The van der Waals surface area contributed by atoms with E-state index in [-0.39, 0.29) is 31.4 Å². The number of anilines is 1. The van der Waals surface area contributed by atoms with E-state index in [4.69, 9.17) is 37.4 Å². The Labute approximate surface area is 326 Å². The van der Waals surface area contributed by atoms with Gasteiger partial charge in [-0.2, -0.15) is 0 Å². The number of nitrogens with zero attached hydrogens (tertiary/aromatic N) is 1. The van der Waals surface area contributed by atoms with Gasteiger partial charge < -0.3 is 19.5 Å². The van der Waals surface area contributed by atoms with Gasteiger partial charge in [-0.25, -0.2) is 0 Å². The molecule has 3 aromatic rings. The van der Waals surface area contributed by atoms with Gasteiger partial charge in [0.15, 0.2) is 0 Å². The normalized spacial score (nSPS) is 20.6. The highest BCUT2D eigenvalue weighted by Gasteiger charge is 2.64. The van der Waals surface area contributed by atoms with Gasteiger partial charge >= 0.3 is 5.97 Å². The van der Waals surface area contributed by atoms with Gasteiger partial charge in [0, 0.05) is 44.4 Å². The first-order valence-corrected chi connectivity index (χ1v) is 22.2. The molecule has 2 aliphatic rings. The minimum absolute atomic E-state index is 0.0116. The smallest absolute Gasteiger partial charge is 0.326 e. The van der Waals surface area contributed by atoms with Crippen LogP contribution in [0.2, 0.25) is 29.7 Å². The number of amides is 2. The minimum Gasteiger partial charge on any atom is -0.489 e. The van der Waals surface area contributed by atoms with Crippen molar-refractivity contribution in [2.75, 3.05) is 25.2 Å². The second-order valence-electron chi connectivity index (χ2n) is 14.8. The van der Waals surface area contributed by atoms with Crippen molar-refractivity contribution in [1.82, 2.24) is 5.32 Å². The van der Waals surface area contributed by atoms with Gasteiger partial charge in [0.25, 0.3) is 0 Å². The topological polar surface area (TPSA) is 94.2 Å². The highest BCUT2D eigenvalue weighted by Crippen LogP contribution is 2.60. The van der Waals surface area contributed by atoms with E-state index in [0.29, 0.717) is 38.3 Å². The molecular weight excluding hydrogens is 818 g/mol. The van der Waals surface area contributed by atoms with E-state index in [1.165, 1.54) is 4.90 Å². The van der Waals surface area contributed by atoms with Crippen molar-refractivity contribution < 1.29 is 28.6 Å². The van der Waals surface area contributed by atoms with Crippen LogP contribution in [0, 0.1) is 3.57 Å². The van der Waals surface area contributed by atoms with Gasteiger partial charge in [-0.15, -0.1) is 0 Å². The molecule has 1 unspecified atom stereocenters. The van der Waals surface area contributed by atoms with Crippen LogP contribution in [0.4, 0.5) is 5.69 Å². The Kier molecular flexibility index (Phi) is 13.1. The molecule has 5 rings (SSSR count). The summed E-state index contributed by atoms with van der Waals surface area (Å²) in [6, 6.07) is 17.2. The molecule has 2 aliphatic heterocycles. The van der Waals surface area contributed by atoms with Crippen LogP contribution < -0.4 is 15.0 Å². The van der Waals surface area contributed by atoms with E-state index in [1.807, 2.05) is 30.3 Å². The van der Waals surface area contributed by atoms with Crippen LogP contribution in [0.3, 0.4) is 0 Å². The zero-order valence-corrected chi connectivity index (χ0v) is 35.1. The predicted molar refractivity (Wildman–Crippen MR) is 216 cm³/mol.